The van der Waals surface area contributed by atoms with E-state index in [0.717, 1.165) is 13.0 Å². The van der Waals surface area contributed by atoms with Crippen molar-refractivity contribution in [3.63, 3.8) is 0 Å². The summed E-state index contributed by atoms with van der Waals surface area (Å²) in [5, 5.41) is 0. The maximum absolute atomic E-state index is 11.5. The van der Waals surface area contributed by atoms with Crippen molar-refractivity contribution in [2.75, 3.05) is 13.6 Å². The molecular formula is C8H12N2OS. The minimum Gasteiger partial charge on any atom is -0.341 e. The molecule has 0 aromatic carbocycles. The SMILES string of the molecule is CCCN(C)C(=O)c1cncs1. The van der Waals surface area contributed by atoms with Crippen LogP contribution in [0.15, 0.2) is 11.7 Å². The molecule has 12 heavy (non-hydrogen) atoms. The van der Waals surface area contributed by atoms with Crippen LogP contribution in [-0.4, -0.2) is 29.4 Å². The van der Waals surface area contributed by atoms with Crippen molar-refractivity contribution in [3.8, 4) is 0 Å². The first-order chi connectivity index (χ1) is 5.75. The number of carbonyl (C=O) groups excluding carboxylic acids is 1. The molecule has 4 heteroatoms. The van der Waals surface area contributed by atoms with Crippen LogP contribution in [-0.2, 0) is 0 Å². The quantitative estimate of drug-likeness (QED) is 0.715. The fraction of sp³-hybridized carbons (Fsp3) is 0.500. The number of rotatable bonds is 3. The number of aromatic nitrogens is 1. The number of hydrogen-bond acceptors (Lipinski definition) is 3. The standard InChI is InChI=1S/C8H12N2OS/c1-3-4-10(2)8(11)7-5-9-6-12-7/h5-6H,3-4H2,1-2H3. The van der Waals surface area contributed by atoms with Gasteiger partial charge < -0.3 is 4.90 Å². The third kappa shape index (κ3) is 2.04. The largest absolute Gasteiger partial charge is 0.341 e. The van der Waals surface area contributed by atoms with Crippen LogP contribution < -0.4 is 0 Å². The molecule has 0 unspecified atom stereocenters. The Kier molecular flexibility index (Phi) is 3.22. The molecule has 0 saturated heterocycles. The zero-order valence-corrected chi connectivity index (χ0v) is 8.10. The van der Waals surface area contributed by atoms with E-state index in [1.807, 2.05) is 7.05 Å². The molecule has 3 nitrogen and oxygen atoms in total. The van der Waals surface area contributed by atoms with Gasteiger partial charge in [0.05, 0.1) is 11.7 Å². The molecule has 0 saturated carbocycles. The summed E-state index contributed by atoms with van der Waals surface area (Å²) >= 11 is 1.38. The minimum atomic E-state index is 0.0688. The molecule has 0 aliphatic rings. The molecule has 0 atom stereocenters. The fourth-order valence-corrected chi connectivity index (χ4v) is 1.56. The van der Waals surface area contributed by atoms with E-state index in [4.69, 9.17) is 0 Å². The van der Waals surface area contributed by atoms with Crippen molar-refractivity contribution in [1.29, 1.82) is 0 Å². The van der Waals surface area contributed by atoms with Gasteiger partial charge in [0.2, 0.25) is 0 Å². The van der Waals surface area contributed by atoms with Gasteiger partial charge in [-0.2, -0.15) is 0 Å². The zero-order valence-electron chi connectivity index (χ0n) is 7.28. The van der Waals surface area contributed by atoms with Crippen LogP contribution in [0.25, 0.3) is 0 Å². The summed E-state index contributed by atoms with van der Waals surface area (Å²) in [4.78, 5) is 17.8. The van der Waals surface area contributed by atoms with Gasteiger partial charge in [-0.3, -0.25) is 9.78 Å². The monoisotopic (exact) mass is 184 g/mol. The molecule has 0 aliphatic carbocycles. The van der Waals surface area contributed by atoms with E-state index < -0.39 is 0 Å². The third-order valence-electron chi connectivity index (χ3n) is 1.55. The van der Waals surface area contributed by atoms with Gasteiger partial charge in [0, 0.05) is 13.6 Å². The highest BCUT2D eigenvalue weighted by Crippen LogP contribution is 2.08. The number of nitrogens with zero attached hydrogens (tertiary/aromatic N) is 2. The maximum Gasteiger partial charge on any atom is 0.265 e. The highest BCUT2D eigenvalue weighted by molar-refractivity contribution is 7.11. The summed E-state index contributed by atoms with van der Waals surface area (Å²) in [7, 11) is 1.81. The fourth-order valence-electron chi connectivity index (χ4n) is 0.946. The number of hydrogen-bond donors (Lipinski definition) is 0. The molecule has 1 heterocycles. The summed E-state index contributed by atoms with van der Waals surface area (Å²) in [5.74, 6) is 0.0688. The van der Waals surface area contributed by atoms with E-state index in [1.165, 1.54) is 11.3 Å². The van der Waals surface area contributed by atoms with Gasteiger partial charge in [0.1, 0.15) is 4.88 Å². The second-order valence-electron chi connectivity index (χ2n) is 2.59. The molecule has 0 aliphatic heterocycles. The second-order valence-corrected chi connectivity index (χ2v) is 3.48. The normalized spacial score (nSPS) is 9.83. The highest BCUT2D eigenvalue weighted by Gasteiger charge is 2.11. The summed E-state index contributed by atoms with van der Waals surface area (Å²) in [6.07, 6.45) is 2.60. The third-order valence-corrected chi connectivity index (χ3v) is 2.31. The van der Waals surface area contributed by atoms with Gasteiger partial charge in [0.15, 0.2) is 0 Å². The Morgan fingerprint density at radius 2 is 2.50 bits per heavy atom. The first-order valence-electron chi connectivity index (χ1n) is 3.89. The van der Waals surface area contributed by atoms with Crippen LogP contribution in [0, 0.1) is 0 Å². The van der Waals surface area contributed by atoms with Crippen molar-refractivity contribution in [2.24, 2.45) is 0 Å². The van der Waals surface area contributed by atoms with Crippen molar-refractivity contribution < 1.29 is 4.79 Å². The summed E-state index contributed by atoms with van der Waals surface area (Å²) in [6.45, 7) is 2.85. The van der Waals surface area contributed by atoms with Gasteiger partial charge in [-0.05, 0) is 6.42 Å². The Labute approximate surface area is 76.0 Å². The number of amides is 1. The van der Waals surface area contributed by atoms with E-state index in [0.29, 0.717) is 4.88 Å². The Morgan fingerprint density at radius 1 is 1.75 bits per heavy atom. The predicted octanol–water partition coefficient (Wildman–Crippen LogP) is 1.63. The van der Waals surface area contributed by atoms with Crippen LogP contribution >= 0.6 is 11.3 Å². The van der Waals surface area contributed by atoms with Crippen LogP contribution in [0.3, 0.4) is 0 Å². The first kappa shape index (κ1) is 9.19. The molecular weight excluding hydrogens is 172 g/mol. The minimum absolute atomic E-state index is 0.0688. The highest BCUT2D eigenvalue weighted by atomic mass is 32.1. The average Bonchev–Trinajstić information content (AvgIpc) is 2.55. The Bertz CT molecular complexity index is 246. The molecule has 1 aromatic rings. The molecule has 0 radical (unpaired) electrons. The Morgan fingerprint density at radius 3 is 3.00 bits per heavy atom. The van der Waals surface area contributed by atoms with Crippen LogP contribution in [0.5, 0.6) is 0 Å². The van der Waals surface area contributed by atoms with Gasteiger partial charge in [-0.15, -0.1) is 11.3 Å². The second kappa shape index (κ2) is 4.21. The first-order valence-corrected chi connectivity index (χ1v) is 4.77. The molecule has 66 valence electrons. The molecule has 1 aromatic heterocycles. The summed E-state index contributed by atoms with van der Waals surface area (Å²) < 4.78 is 0. The van der Waals surface area contributed by atoms with Crippen LogP contribution in [0.1, 0.15) is 23.0 Å². The number of carbonyl (C=O) groups is 1. The van der Waals surface area contributed by atoms with Gasteiger partial charge in [-0.25, -0.2) is 0 Å². The Hall–Kier alpha value is -0.900. The smallest absolute Gasteiger partial charge is 0.265 e. The lowest BCUT2D eigenvalue weighted by Crippen LogP contribution is -2.26. The van der Waals surface area contributed by atoms with E-state index in [-0.39, 0.29) is 5.91 Å². The summed E-state index contributed by atoms with van der Waals surface area (Å²) in [5.41, 5.74) is 1.67. The van der Waals surface area contributed by atoms with Crippen LogP contribution in [0.4, 0.5) is 0 Å². The molecule has 1 rings (SSSR count). The zero-order chi connectivity index (χ0) is 8.97. The van der Waals surface area contributed by atoms with E-state index in [1.54, 1.807) is 16.6 Å². The molecule has 0 fully saturated rings. The van der Waals surface area contributed by atoms with Crippen molar-refractivity contribution in [2.45, 2.75) is 13.3 Å². The lowest BCUT2D eigenvalue weighted by atomic mass is 10.4. The summed E-state index contributed by atoms with van der Waals surface area (Å²) in [6, 6.07) is 0. The van der Waals surface area contributed by atoms with E-state index >= 15 is 0 Å². The molecule has 1 amide bonds. The van der Waals surface area contributed by atoms with Gasteiger partial charge in [-0.1, -0.05) is 6.92 Å². The van der Waals surface area contributed by atoms with Crippen LogP contribution in [0.2, 0.25) is 0 Å². The molecule has 0 bridgehead atoms. The van der Waals surface area contributed by atoms with Crippen molar-refractivity contribution in [3.05, 3.63) is 16.6 Å². The van der Waals surface area contributed by atoms with Crippen molar-refractivity contribution in [1.82, 2.24) is 9.88 Å². The molecule has 0 spiro atoms. The lowest BCUT2D eigenvalue weighted by molar-refractivity contribution is 0.0799. The molecule has 0 N–H and O–H groups in total. The Balaban J connectivity index is 2.59. The van der Waals surface area contributed by atoms with Crippen molar-refractivity contribution >= 4 is 17.2 Å². The lowest BCUT2D eigenvalue weighted by Gasteiger charge is -2.13. The van der Waals surface area contributed by atoms with Gasteiger partial charge >= 0.3 is 0 Å². The van der Waals surface area contributed by atoms with E-state index in [9.17, 15) is 4.79 Å². The predicted molar refractivity (Wildman–Crippen MR) is 49.4 cm³/mol. The average molecular weight is 184 g/mol. The van der Waals surface area contributed by atoms with Gasteiger partial charge in [0.25, 0.3) is 5.91 Å². The maximum atomic E-state index is 11.5. The van der Waals surface area contributed by atoms with E-state index in [2.05, 4.69) is 11.9 Å². The topological polar surface area (TPSA) is 33.2 Å². The number of thiazole rings is 1.